The van der Waals surface area contributed by atoms with E-state index >= 15 is 0 Å². The fourth-order valence-electron chi connectivity index (χ4n) is 5.96. The largest absolute Gasteiger partial charge is 0.489 e. The Labute approximate surface area is 206 Å². The number of nitriles is 1. The number of ether oxygens (including phenoxy) is 1. The standard InChI is InChI=1S/C25H27F3N4O4/c26-25(27,28)24(14-29)8-10-31(11-9-24)18-2-1-3-20(18)36-16-4-5-17-15(12-16)13-32(23(17)35)19-6-7-21(33)30-22(19)34/h4-5,12,18-20H,1-3,6-11,13H2,(H,30,33,34)/t18-,19?,20-/m1/s1. The summed E-state index contributed by atoms with van der Waals surface area (Å²) in [6.07, 6.45) is -2.29. The minimum atomic E-state index is -4.54. The number of carbonyl (C=O) groups is 3. The van der Waals surface area contributed by atoms with Gasteiger partial charge in [-0.3, -0.25) is 24.6 Å². The molecule has 1 unspecified atom stereocenters. The lowest BCUT2D eigenvalue weighted by Crippen LogP contribution is -2.52. The molecule has 0 aromatic heterocycles. The third kappa shape index (κ3) is 4.21. The van der Waals surface area contributed by atoms with Crippen molar-refractivity contribution >= 4 is 17.7 Å². The minimum absolute atomic E-state index is 0.0372. The van der Waals surface area contributed by atoms with Crippen LogP contribution in [0.5, 0.6) is 5.75 Å². The number of likely N-dealkylation sites (tertiary alicyclic amines) is 1. The van der Waals surface area contributed by atoms with Gasteiger partial charge in [-0.2, -0.15) is 18.4 Å². The van der Waals surface area contributed by atoms with E-state index in [1.807, 2.05) is 4.90 Å². The lowest BCUT2D eigenvalue weighted by molar-refractivity contribution is -0.216. The van der Waals surface area contributed by atoms with Crippen LogP contribution in [0, 0.1) is 16.7 Å². The first-order valence-corrected chi connectivity index (χ1v) is 12.3. The van der Waals surface area contributed by atoms with Crippen LogP contribution in [0.3, 0.4) is 0 Å². The maximum Gasteiger partial charge on any atom is 0.407 e. The van der Waals surface area contributed by atoms with Crippen molar-refractivity contribution in [2.45, 2.75) is 75.9 Å². The number of alkyl halides is 3. The second-order valence-electron chi connectivity index (χ2n) is 10.1. The summed E-state index contributed by atoms with van der Waals surface area (Å²) in [5.74, 6) is -0.496. The van der Waals surface area contributed by atoms with Crippen LogP contribution < -0.4 is 10.1 Å². The minimum Gasteiger partial charge on any atom is -0.489 e. The molecule has 1 aromatic carbocycles. The molecule has 1 aliphatic carbocycles. The van der Waals surface area contributed by atoms with E-state index in [0.29, 0.717) is 11.3 Å². The Bertz CT molecular complexity index is 1120. The molecular weight excluding hydrogens is 477 g/mol. The Morgan fingerprint density at radius 2 is 1.86 bits per heavy atom. The average molecular weight is 505 g/mol. The molecule has 36 heavy (non-hydrogen) atoms. The number of hydrogen-bond acceptors (Lipinski definition) is 6. The Kier molecular flexibility index (Phi) is 6.19. The van der Waals surface area contributed by atoms with E-state index in [-0.39, 0.29) is 69.3 Å². The third-order valence-corrected chi connectivity index (χ3v) is 8.08. The zero-order chi connectivity index (χ0) is 25.7. The first-order chi connectivity index (χ1) is 17.1. The van der Waals surface area contributed by atoms with Gasteiger partial charge in [0.05, 0.1) is 6.07 Å². The van der Waals surface area contributed by atoms with Crippen LogP contribution >= 0.6 is 0 Å². The predicted octanol–water partition coefficient (Wildman–Crippen LogP) is 2.92. The van der Waals surface area contributed by atoms with Gasteiger partial charge in [0.25, 0.3) is 5.91 Å². The number of carbonyl (C=O) groups excluding carboxylic acids is 3. The molecule has 3 fully saturated rings. The summed E-state index contributed by atoms with van der Waals surface area (Å²) in [7, 11) is 0. The van der Waals surface area contributed by atoms with Gasteiger partial charge < -0.3 is 9.64 Å². The van der Waals surface area contributed by atoms with Gasteiger partial charge in [-0.05, 0) is 62.3 Å². The first kappa shape index (κ1) is 24.6. The number of nitrogens with one attached hydrogen (secondary N) is 1. The van der Waals surface area contributed by atoms with E-state index in [4.69, 9.17) is 4.74 Å². The van der Waals surface area contributed by atoms with Gasteiger partial charge in [0.2, 0.25) is 11.8 Å². The summed E-state index contributed by atoms with van der Waals surface area (Å²) >= 11 is 0. The van der Waals surface area contributed by atoms with Gasteiger partial charge in [0.15, 0.2) is 5.41 Å². The highest BCUT2D eigenvalue weighted by molar-refractivity contribution is 6.05. The number of hydrogen-bond donors (Lipinski definition) is 1. The summed E-state index contributed by atoms with van der Waals surface area (Å²) in [6, 6.07) is 5.96. The normalized spacial score (nSPS) is 28.6. The van der Waals surface area contributed by atoms with Gasteiger partial charge in [-0.15, -0.1) is 0 Å². The molecule has 3 heterocycles. The molecule has 0 spiro atoms. The molecule has 1 N–H and O–H groups in total. The van der Waals surface area contributed by atoms with Crippen LogP contribution in [0.2, 0.25) is 0 Å². The molecule has 3 amide bonds. The zero-order valence-electron chi connectivity index (χ0n) is 19.6. The monoisotopic (exact) mass is 504 g/mol. The highest BCUT2D eigenvalue weighted by Crippen LogP contribution is 2.46. The fourth-order valence-corrected chi connectivity index (χ4v) is 5.96. The van der Waals surface area contributed by atoms with Crippen LogP contribution in [0.1, 0.15) is 60.9 Å². The molecular formula is C25H27F3N4O4. The summed E-state index contributed by atoms with van der Waals surface area (Å²) in [5.41, 5.74) is -1.05. The number of benzene rings is 1. The van der Waals surface area contributed by atoms with Crippen molar-refractivity contribution in [3.05, 3.63) is 29.3 Å². The molecule has 0 bridgehead atoms. The van der Waals surface area contributed by atoms with Crippen molar-refractivity contribution in [2.75, 3.05) is 13.1 Å². The van der Waals surface area contributed by atoms with Crippen LogP contribution in [0.25, 0.3) is 0 Å². The third-order valence-electron chi connectivity index (χ3n) is 8.08. The summed E-state index contributed by atoms with van der Waals surface area (Å²) in [4.78, 5) is 40.1. The van der Waals surface area contributed by atoms with Gasteiger partial charge in [0.1, 0.15) is 17.9 Å². The van der Waals surface area contributed by atoms with Crippen molar-refractivity contribution in [3.63, 3.8) is 0 Å². The second-order valence-corrected chi connectivity index (χ2v) is 10.1. The van der Waals surface area contributed by atoms with E-state index in [1.165, 1.54) is 11.0 Å². The smallest absolute Gasteiger partial charge is 0.407 e. The highest BCUT2D eigenvalue weighted by atomic mass is 19.4. The molecule has 1 saturated carbocycles. The maximum absolute atomic E-state index is 13.5. The maximum atomic E-state index is 13.5. The summed E-state index contributed by atoms with van der Waals surface area (Å²) in [6.45, 7) is 0.625. The van der Waals surface area contributed by atoms with Crippen molar-refractivity contribution in [1.82, 2.24) is 15.1 Å². The molecule has 192 valence electrons. The van der Waals surface area contributed by atoms with Crippen LogP contribution in [-0.4, -0.2) is 65.0 Å². The molecule has 3 aliphatic heterocycles. The lowest BCUT2D eigenvalue weighted by Gasteiger charge is -2.42. The predicted molar refractivity (Wildman–Crippen MR) is 119 cm³/mol. The van der Waals surface area contributed by atoms with Gasteiger partial charge in [-0.1, -0.05) is 0 Å². The topological polar surface area (TPSA) is 103 Å². The molecule has 1 aromatic rings. The second kappa shape index (κ2) is 9.07. The Hall–Kier alpha value is -3.13. The van der Waals surface area contributed by atoms with Crippen molar-refractivity contribution in [1.29, 1.82) is 5.26 Å². The quantitative estimate of drug-likeness (QED) is 0.633. The SMILES string of the molecule is N#CC1(C(F)(F)F)CCN([C@@H]2CCC[C@H]2Oc2ccc3c(c2)CN(C2CCC(=O)NC2=O)C3=O)CC1. The van der Waals surface area contributed by atoms with Crippen LogP contribution in [-0.2, 0) is 16.1 Å². The van der Waals surface area contributed by atoms with Crippen molar-refractivity contribution in [3.8, 4) is 11.8 Å². The number of amides is 3. The Balaban J connectivity index is 1.24. The molecule has 0 radical (unpaired) electrons. The average Bonchev–Trinajstić information content (AvgIpc) is 3.42. The van der Waals surface area contributed by atoms with E-state index in [0.717, 1.165) is 24.8 Å². The number of rotatable bonds is 4. The molecule has 8 nitrogen and oxygen atoms in total. The number of nitrogens with zero attached hydrogens (tertiary/aromatic N) is 3. The number of piperidine rings is 2. The van der Waals surface area contributed by atoms with Crippen molar-refractivity contribution < 1.29 is 32.3 Å². The van der Waals surface area contributed by atoms with E-state index in [9.17, 15) is 32.8 Å². The van der Waals surface area contributed by atoms with Crippen molar-refractivity contribution in [2.24, 2.45) is 5.41 Å². The first-order valence-electron chi connectivity index (χ1n) is 12.3. The molecule has 2 saturated heterocycles. The van der Waals surface area contributed by atoms with Crippen LogP contribution in [0.15, 0.2) is 18.2 Å². The van der Waals surface area contributed by atoms with Gasteiger partial charge in [-0.25, -0.2) is 0 Å². The lowest BCUT2D eigenvalue weighted by atomic mass is 9.78. The summed E-state index contributed by atoms with van der Waals surface area (Å²) < 4.78 is 46.7. The fraction of sp³-hybridized carbons (Fsp3) is 0.600. The van der Waals surface area contributed by atoms with Crippen LogP contribution in [0.4, 0.5) is 13.2 Å². The molecule has 3 atom stereocenters. The number of imide groups is 1. The molecule has 4 aliphatic rings. The van der Waals surface area contributed by atoms with E-state index < -0.39 is 23.5 Å². The number of fused-ring (bicyclic) bond motifs is 1. The zero-order valence-corrected chi connectivity index (χ0v) is 19.6. The summed E-state index contributed by atoms with van der Waals surface area (Å²) in [5, 5.41) is 11.5. The van der Waals surface area contributed by atoms with Gasteiger partial charge in [0, 0.05) is 37.7 Å². The molecule has 5 rings (SSSR count). The molecule has 11 heteroatoms. The highest BCUT2D eigenvalue weighted by Gasteiger charge is 2.57. The van der Waals surface area contributed by atoms with E-state index in [1.54, 1.807) is 18.2 Å². The Morgan fingerprint density at radius 1 is 1.11 bits per heavy atom. The Morgan fingerprint density at radius 3 is 2.53 bits per heavy atom. The van der Waals surface area contributed by atoms with E-state index in [2.05, 4.69) is 5.32 Å². The number of halogens is 3. The van der Waals surface area contributed by atoms with Gasteiger partial charge >= 0.3 is 6.18 Å².